The zero-order valence-electron chi connectivity index (χ0n) is 23.4. The van der Waals surface area contributed by atoms with Gasteiger partial charge in [0.25, 0.3) is 0 Å². The highest BCUT2D eigenvalue weighted by Gasteiger charge is 2.40. The molecule has 9 heteroatoms. The standard InChI is InChI=1S/C30H36N4O4S/c1-7-19(3)31-24(35)15-33-25(36)16-39-27(20-12-13-22-23(14-20)38-17-37-22)26-28(30(4,5)6)32-34(29(26)33)21-11-9-8-10-18(21)2/h8-14,19,27H,7,15-17H2,1-6H3,(H,31,35)/t19-,27+/m0/s1. The number of amides is 2. The van der Waals surface area contributed by atoms with Crippen molar-refractivity contribution in [3.05, 3.63) is 64.8 Å². The Labute approximate surface area is 234 Å². The van der Waals surface area contributed by atoms with E-state index in [4.69, 9.17) is 14.6 Å². The monoisotopic (exact) mass is 548 g/mol. The Hall–Kier alpha value is -3.46. The van der Waals surface area contributed by atoms with Crippen LogP contribution in [0, 0.1) is 6.92 Å². The fourth-order valence-corrected chi connectivity index (χ4v) is 6.14. The summed E-state index contributed by atoms with van der Waals surface area (Å²) in [4.78, 5) is 28.6. The average molecular weight is 549 g/mol. The largest absolute Gasteiger partial charge is 0.454 e. The number of carbonyl (C=O) groups excluding carboxylic acids is 2. The van der Waals surface area contributed by atoms with E-state index in [1.54, 1.807) is 16.7 Å². The van der Waals surface area contributed by atoms with Crippen molar-refractivity contribution in [3.63, 3.8) is 0 Å². The Morgan fingerprint density at radius 2 is 1.92 bits per heavy atom. The molecule has 5 rings (SSSR count). The van der Waals surface area contributed by atoms with Gasteiger partial charge in [-0.1, -0.05) is 52.0 Å². The second-order valence-electron chi connectivity index (χ2n) is 11.2. The maximum Gasteiger partial charge on any atom is 0.240 e. The van der Waals surface area contributed by atoms with Gasteiger partial charge < -0.3 is 14.8 Å². The normalized spacial score (nSPS) is 17.5. The molecule has 0 spiro atoms. The van der Waals surface area contributed by atoms with Gasteiger partial charge in [0.1, 0.15) is 12.4 Å². The van der Waals surface area contributed by atoms with E-state index in [1.165, 1.54) is 0 Å². The number of thioether (sulfide) groups is 1. The molecular formula is C30H36N4O4S. The summed E-state index contributed by atoms with van der Waals surface area (Å²) in [5, 5.41) is 8.00. The van der Waals surface area contributed by atoms with Gasteiger partial charge in [-0.3, -0.25) is 14.5 Å². The minimum atomic E-state index is -0.328. The summed E-state index contributed by atoms with van der Waals surface area (Å²) in [6.45, 7) is 12.5. The average Bonchev–Trinajstić information content (AvgIpc) is 3.49. The lowest BCUT2D eigenvalue weighted by atomic mass is 9.87. The Morgan fingerprint density at radius 1 is 1.18 bits per heavy atom. The summed E-state index contributed by atoms with van der Waals surface area (Å²) in [6.07, 6.45) is 0.808. The second-order valence-corrected chi connectivity index (χ2v) is 12.3. The van der Waals surface area contributed by atoms with Crippen molar-refractivity contribution >= 4 is 29.4 Å². The van der Waals surface area contributed by atoms with Gasteiger partial charge in [0.15, 0.2) is 11.5 Å². The van der Waals surface area contributed by atoms with Gasteiger partial charge in [-0.2, -0.15) is 5.10 Å². The number of hydrogen-bond acceptors (Lipinski definition) is 6. The first-order chi connectivity index (χ1) is 18.6. The number of ether oxygens (including phenoxy) is 2. The van der Waals surface area contributed by atoms with E-state index < -0.39 is 0 Å². The van der Waals surface area contributed by atoms with E-state index in [-0.39, 0.29) is 47.6 Å². The number of benzene rings is 2. The summed E-state index contributed by atoms with van der Waals surface area (Å²) in [7, 11) is 0. The Bertz CT molecular complexity index is 1410. The minimum absolute atomic E-state index is 0.0150. The molecular weight excluding hydrogens is 512 g/mol. The minimum Gasteiger partial charge on any atom is -0.454 e. The zero-order chi connectivity index (χ0) is 27.9. The van der Waals surface area contributed by atoms with Crippen molar-refractivity contribution in [3.8, 4) is 17.2 Å². The molecule has 0 saturated heterocycles. The fourth-order valence-electron chi connectivity index (χ4n) is 4.95. The summed E-state index contributed by atoms with van der Waals surface area (Å²) >= 11 is 1.55. The van der Waals surface area contributed by atoms with Crippen LogP contribution in [0.2, 0.25) is 0 Å². The zero-order valence-corrected chi connectivity index (χ0v) is 24.2. The van der Waals surface area contributed by atoms with Gasteiger partial charge in [0.2, 0.25) is 18.6 Å². The van der Waals surface area contributed by atoms with Gasteiger partial charge in [-0.25, -0.2) is 4.68 Å². The SMILES string of the molecule is CC[C@H](C)NC(=O)CN1C(=O)CS[C@H](c2ccc3c(c2)OCO3)c2c(C(C)(C)C)nn(-c3ccccc3C)c21. The molecule has 0 radical (unpaired) electrons. The van der Waals surface area contributed by atoms with E-state index in [1.807, 2.05) is 67.9 Å². The van der Waals surface area contributed by atoms with Crippen LogP contribution in [-0.2, 0) is 15.0 Å². The molecule has 3 heterocycles. The number of hydrogen-bond donors (Lipinski definition) is 1. The van der Waals surface area contributed by atoms with Gasteiger partial charge in [-0.05, 0) is 49.6 Å². The highest BCUT2D eigenvalue weighted by Crippen LogP contribution is 2.50. The first kappa shape index (κ1) is 27.1. The number of aromatic nitrogens is 2. The van der Waals surface area contributed by atoms with Crippen LogP contribution in [0.5, 0.6) is 11.5 Å². The number of rotatable bonds is 6. The highest BCUT2D eigenvalue weighted by molar-refractivity contribution is 8.00. The molecule has 2 aliphatic heterocycles. The van der Waals surface area contributed by atoms with Crippen molar-refractivity contribution in [1.82, 2.24) is 15.1 Å². The fraction of sp³-hybridized carbons (Fsp3) is 0.433. The highest BCUT2D eigenvalue weighted by atomic mass is 32.2. The number of nitrogens with one attached hydrogen (secondary N) is 1. The molecule has 2 aromatic carbocycles. The smallest absolute Gasteiger partial charge is 0.240 e. The third-order valence-corrected chi connectivity index (χ3v) is 8.42. The van der Waals surface area contributed by atoms with Crippen LogP contribution in [0.4, 0.5) is 5.82 Å². The Balaban J connectivity index is 1.75. The molecule has 1 aromatic heterocycles. The topological polar surface area (TPSA) is 85.7 Å². The molecule has 0 saturated carbocycles. The maximum atomic E-state index is 13.8. The van der Waals surface area contributed by atoms with Crippen LogP contribution in [0.15, 0.2) is 42.5 Å². The lowest BCUT2D eigenvalue weighted by molar-refractivity contribution is -0.123. The maximum absolute atomic E-state index is 13.8. The number of aryl methyl sites for hydroxylation is 1. The van der Waals surface area contributed by atoms with Crippen molar-refractivity contribution in [2.24, 2.45) is 0 Å². The first-order valence-electron chi connectivity index (χ1n) is 13.4. The van der Waals surface area contributed by atoms with Crippen LogP contribution < -0.4 is 19.7 Å². The van der Waals surface area contributed by atoms with E-state index >= 15 is 0 Å². The van der Waals surface area contributed by atoms with Gasteiger partial charge >= 0.3 is 0 Å². The summed E-state index contributed by atoms with van der Waals surface area (Å²) in [5.74, 6) is 1.96. The van der Waals surface area contributed by atoms with Gasteiger partial charge in [0, 0.05) is 17.0 Å². The van der Waals surface area contributed by atoms with Gasteiger partial charge in [-0.15, -0.1) is 11.8 Å². The van der Waals surface area contributed by atoms with E-state index in [0.29, 0.717) is 17.3 Å². The van der Waals surface area contributed by atoms with Crippen molar-refractivity contribution in [1.29, 1.82) is 0 Å². The number of anilines is 1. The molecule has 2 aliphatic rings. The number of para-hydroxylation sites is 1. The van der Waals surface area contributed by atoms with Crippen LogP contribution >= 0.6 is 11.8 Å². The predicted octanol–water partition coefficient (Wildman–Crippen LogP) is 5.29. The third kappa shape index (κ3) is 5.24. The van der Waals surface area contributed by atoms with E-state index in [0.717, 1.165) is 34.5 Å². The molecule has 206 valence electrons. The molecule has 0 fully saturated rings. The Morgan fingerprint density at radius 3 is 2.64 bits per heavy atom. The number of nitrogens with zero attached hydrogens (tertiary/aromatic N) is 3. The van der Waals surface area contributed by atoms with Crippen LogP contribution in [-0.4, -0.2) is 46.7 Å². The summed E-state index contributed by atoms with van der Waals surface area (Å²) < 4.78 is 13.1. The van der Waals surface area contributed by atoms with E-state index in [9.17, 15) is 9.59 Å². The molecule has 1 N–H and O–H groups in total. The quantitative estimate of drug-likeness (QED) is 0.451. The molecule has 3 aromatic rings. The second kappa shape index (κ2) is 10.6. The molecule has 0 aliphatic carbocycles. The number of fused-ring (bicyclic) bond motifs is 2. The molecule has 39 heavy (non-hydrogen) atoms. The summed E-state index contributed by atoms with van der Waals surface area (Å²) in [5.41, 5.74) is 4.40. The predicted molar refractivity (Wildman–Crippen MR) is 154 cm³/mol. The first-order valence-corrected chi connectivity index (χ1v) is 14.4. The van der Waals surface area contributed by atoms with Crippen LogP contribution in [0.3, 0.4) is 0 Å². The van der Waals surface area contributed by atoms with E-state index in [2.05, 4.69) is 26.1 Å². The van der Waals surface area contributed by atoms with Gasteiger partial charge in [0.05, 0.1) is 22.4 Å². The lowest BCUT2D eigenvalue weighted by Gasteiger charge is -2.25. The molecule has 2 amide bonds. The molecule has 8 nitrogen and oxygen atoms in total. The van der Waals surface area contributed by atoms with Crippen LogP contribution in [0.1, 0.15) is 68.7 Å². The number of carbonyl (C=O) groups is 2. The Kier molecular flexibility index (Phi) is 7.37. The van der Waals surface area contributed by atoms with Crippen molar-refractivity contribution in [2.75, 3.05) is 24.0 Å². The molecule has 2 atom stereocenters. The summed E-state index contributed by atoms with van der Waals surface area (Å²) in [6, 6.07) is 14.0. The van der Waals surface area contributed by atoms with Crippen LogP contribution in [0.25, 0.3) is 5.69 Å². The molecule has 0 bridgehead atoms. The van der Waals surface area contributed by atoms with Crippen molar-refractivity contribution in [2.45, 2.75) is 64.7 Å². The lowest BCUT2D eigenvalue weighted by Crippen LogP contribution is -2.44. The van der Waals surface area contributed by atoms with Crippen molar-refractivity contribution < 1.29 is 19.1 Å². The molecule has 0 unspecified atom stereocenters. The third-order valence-electron chi connectivity index (χ3n) is 7.16.